The molecule has 1 aliphatic heterocycles. The zero-order valence-corrected chi connectivity index (χ0v) is 17.8. The molecular weight excluding hydrogens is 429 g/mol. The first kappa shape index (κ1) is 23.8. The van der Waals surface area contributed by atoms with Crippen LogP contribution in [0.1, 0.15) is 51.0 Å². The maximum atomic E-state index is 13.3. The fourth-order valence-electron chi connectivity index (χ4n) is 4.06. The molecule has 2 heterocycles. The van der Waals surface area contributed by atoms with Crippen molar-refractivity contribution in [2.75, 3.05) is 18.0 Å². The van der Waals surface area contributed by atoms with Crippen molar-refractivity contribution < 1.29 is 32.3 Å². The van der Waals surface area contributed by atoms with E-state index in [0.717, 1.165) is 31.7 Å². The number of halogens is 3. The Morgan fingerprint density at radius 3 is 2.59 bits per heavy atom. The highest BCUT2D eigenvalue weighted by Gasteiger charge is 2.38. The average molecular weight is 456 g/mol. The van der Waals surface area contributed by atoms with Crippen molar-refractivity contribution in [2.24, 2.45) is 5.92 Å². The number of urea groups is 1. The third-order valence-electron chi connectivity index (χ3n) is 5.74. The van der Waals surface area contributed by atoms with Gasteiger partial charge in [0, 0.05) is 25.3 Å². The van der Waals surface area contributed by atoms with Crippen LogP contribution >= 0.6 is 0 Å². The molecule has 0 spiro atoms. The molecule has 1 aromatic heterocycles. The highest BCUT2D eigenvalue weighted by molar-refractivity contribution is 5.97. The van der Waals surface area contributed by atoms with Gasteiger partial charge in [0.1, 0.15) is 5.82 Å². The molecule has 2 unspecified atom stereocenters. The van der Waals surface area contributed by atoms with Gasteiger partial charge >= 0.3 is 18.2 Å². The number of imide groups is 1. The minimum absolute atomic E-state index is 0.00453. The van der Waals surface area contributed by atoms with Crippen LogP contribution in [0.25, 0.3) is 0 Å². The van der Waals surface area contributed by atoms with Gasteiger partial charge in [-0.15, -0.1) is 0 Å². The predicted octanol–water partition coefficient (Wildman–Crippen LogP) is 3.02. The molecule has 1 aliphatic carbocycles. The van der Waals surface area contributed by atoms with E-state index in [9.17, 15) is 27.6 Å². The number of pyridine rings is 1. The SMILES string of the molecule is CC(OC(=O)C1CCCN(c2ncccc2C(F)(F)F)C1)C(=O)NC(=O)NC1CCCC1. The van der Waals surface area contributed by atoms with Crippen molar-refractivity contribution in [2.45, 2.75) is 63.8 Å². The van der Waals surface area contributed by atoms with Gasteiger partial charge in [-0.2, -0.15) is 13.2 Å². The van der Waals surface area contributed by atoms with Crippen molar-refractivity contribution in [3.63, 3.8) is 0 Å². The zero-order valence-electron chi connectivity index (χ0n) is 17.8. The number of nitrogens with zero attached hydrogens (tertiary/aromatic N) is 2. The van der Waals surface area contributed by atoms with Crippen molar-refractivity contribution in [3.8, 4) is 0 Å². The molecule has 2 N–H and O–H groups in total. The molecular formula is C21H27F3N4O4. The summed E-state index contributed by atoms with van der Waals surface area (Å²) in [6.07, 6.45) is 0.138. The second kappa shape index (κ2) is 10.2. The first-order valence-corrected chi connectivity index (χ1v) is 10.7. The summed E-state index contributed by atoms with van der Waals surface area (Å²) in [5.74, 6) is -2.40. The maximum Gasteiger partial charge on any atom is 0.419 e. The Morgan fingerprint density at radius 1 is 1.19 bits per heavy atom. The first-order chi connectivity index (χ1) is 15.1. The molecule has 0 aromatic carbocycles. The van der Waals surface area contributed by atoms with E-state index in [2.05, 4.69) is 15.6 Å². The van der Waals surface area contributed by atoms with Crippen LogP contribution < -0.4 is 15.5 Å². The number of rotatable bonds is 5. The number of esters is 1. The highest BCUT2D eigenvalue weighted by atomic mass is 19.4. The molecule has 0 radical (unpaired) electrons. The molecule has 1 saturated heterocycles. The molecule has 2 fully saturated rings. The number of anilines is 1. The van der Waals surface area contributed by atoms with Gasteiger partial charge in [0.05, 0.1) is 11.5 Å². The van der Waals surface area contributed by atoms with Crippen molar-refractivity contribution in [1.82, 2.24) is 15.6 Å². The molecule has 32 heavy (non-hydrogen) atoms. The Labute approximate surface area is 183 Å². The fraction of sp³-hybridized carbons (Fsp3) is 0.619. The number of carbonyl (C=O) groups excluding carboxylic acids is 3. The molecule has 176 valence electrons. The summed E-state index contributed by atoms with van der Waals surface area (Å²) >= 11 is 0. The molecule has 8 nitrogen and oxygen atoms in total. The van der Waals surface area contributed by atoms with Gasteiger partial charge in [-0.25, -0.2) is 9.78 Å². The van der Waals surface area contributed by atoms with E-state index >= 15 is 0 Å². The average Bonchev–Trinajstić information content (AvgIpc) is 3.26. The Bertz CT molecular complexity index is 843. The lowest BCUT2D eigenvalue weighted by Gasteiger charge is -2.34. The summed E-state index contributed by atoms with van der Waals surface area (Å²) in [6, 6.07) is 1.56. The van der Waals surface area contributed by atoms with Crippen LogP contribution in [-0.4, -0.2) is 48.1 Å². The van der Waals surface area contributed by atoms with E-state index < -0.39 is 41.7 Å². The molecule has 1 aromatic rings. The Balaban J connectivity index is 1.55. The predicted molar refractivity (Wildman–Crippen MR) is 109 cm³/mol. The number of alkyl halides is 3. The summed E-state index contributed by atoms with van der Waals surface area (Å²) in [5, 5.41) is 4.87. The maximum absolute atomic E-state index is 13.3. The number of amides is 3. The second-order valence-corrected chi connectivity index (χ2v) is 8.18. The van der Waals surface area contributed by atoms with Crippen LogP contribution in [0.5, 0.6) is 0 Å². The number of aromatic nitrogens is 1. The number of hydrogen-bond donors (Lipinski definition) is 2. The van der Waals surface area contributed by atoms with Crippen LogP contribution in [0.4, 0.5) is 23.8 Å². The minimum Gasteiger partial charge on any atom is -0.452 e. The lowest BCUT2D eigenvalue weighted by Crippen LogP contribution is -2.48. The van der Waals surface area contributed by atoms with E-state index in [1.165, 1.54) is 24.1 Å². The van der Waals surface area contributed by atoms with Gasteiger partial charge in [-0.1, -0.05) is 12.8 Å². The van der Waals surface area contributed by atoms with E-state index in [-0.39, 0.29) is 18.4 Å². The molecule has 2 atom stereocenters. The number of carbonyl (C=O) groups is 3. The number of ether oxygens (including phenoxy) is 1. The minimum atomic E-state index is -4.57. The molecule has 2 aliphatic rings. The van der Waals surface area contributed by atoms with Gasteiger partial charge in [0.2, 0.25) is 0 Å². The molecule has 11 heteroatoms. The smallest absolute Gasteiger partial charge is 0.419 e. The lowest BCUT2D eigenvalue weighted by molar-refractivity contribution is -0.158. The molecule has 1 saturated carbocycles. The monoisotopic (exact) mass is 456 g/mol. The van der Waals surface area contributed by atoms with E-state index in [1.54, 1.807) is 0 Å². The van der Waals surface area contributed by atoms with E-state index in [0.29, 0.717) is 19.4 Å². The lowest BCUT2D eigenvalue weighted by atomic mass is 9.97. The summed E-state index contributed by atoms with van der Waals surface area (Å²) in [6.45, 7) is 1.66. The Morgan fingerprint density at radius 2 is 1.91 bits per heavy atom. The second-order valence-electron chi connectivity index (χ2n) is 8.18. The van der Waals surface area contributed by atoms with Crippen LogP contribution in [0, 0.1) is 5.92 Å². The molecule has 3 amide bonds. The van der Waals surface area contributed by atoms with Gasteiger partial charge in [-0.05, 0) is 44.7 Å². The van der Waals surface area contributed by atoms with E-state index in [1.807, 2.05) is 0 Å². The highest BCUT2D eigenvalue weighted by Crippen LogP contribution is 2.36. The van der Waals surface area contributed by atoms with Gasteiger partial charge in [-0.3, -0.25) is 14.9 Å². The summed E-state index contributed by atoms with van der Waals surface area (Å²) in [4.78, 5) is 42.0. The van der Waals surface area contributed by atoms with Crippen molar-refractivity contribution in [3.05, 3.63) is 23.9 Å². The summed E-state index contributed by atoms with van der Waals surface area (Å²) in [5.41, 5.74) is -0.866. The number of nitrogens with one attached hydrogen (secondary N) is 2. The summed E-state index contributed by atoms with van der Waals surface area (Å²) in [7, 11) is 0. The van der Waals surface area contributed by atoms with Crippen molar-refractivity contribution >= 4 is 23.7 Å². The number of hydrogen-bond acceptors (Lipinski definition) is 6. The largest absolute Gasteiger partial charge is 0.452 e. The third-order valence-corrected chi connectivity index (χ3v) is 5.74. The fourth-order valence-corrected chi connectivity index (χ4v) is 4.06. The number of piperidine rings is 1. The standard InChI is InChI=1S/C21H27F3N4O4/c1-13(18(29)27-20(31)26-15-7-2-3-8-15)32-19(30)14-6-5-11-28(12-14)17-16(21(22,23)24)9-4-10-25-17/h4,9-10,13-15H,2-3,5-8,11-12H2,1H3,(H2,26,27,29,31). The Hall–Kier alpha value is -2.85. The third kappa shape index (κ3) is 6.10. The van der Waals surface area contributed by atoms with E-state index in [4.69, 9.17) is 4.74 Å². The van der Waals surface area contributed by atoms with Crippen LogP contribution in [0.2, 0.25) is 0 Å². The first-order valence-electron chi connectivity index (χ1n) is 10.7. The van der Waals surface area contributed by atoms with Crippen LogP contribution in [-0.2, 0) is 20.5 Å². The van der Waals surface area contributed by atoms with Gasteiger partial charge < -0.3 is 15.0 Å². The molecule has 3 rings (SSSR count). The van der Waals surface area contributed by atoms with Crippen LogP contribution in [0.15, 0.2) is 18.3 Å². The van der Waals surface area contributed by atoms with Crippen molar-refractivity contribution in [1.29, 1.82) is 0 Å². The molecule has 0 bridgehead atoms. The topological polar surface area (TPSA) is 101 Å². The quantitative estimate of drug-likeness (QED) is 0.661. The van der Waals surface area contributed by atoms with Gasteiger partial charge in [0.15, 0.2) is 6.10 Å². The zero-order chi connectivity index (χ0) is 23.3. The van der Waals surface area contributed by atoms with Gasteiger partial charge in [0.25, 0.3) is 5.91 Å². The summed E-state index contributed by atoms with van der Waals surface area (Å²) < 4.78 is 45.2. The Kier molecular flexibility index (Phi) is 7.57. The normalized spacial score (nSPS) is 20.5. The van der Waals surface area contributed by atoms with Crippen LogP contribution in [0.3, 0.4) is 0 Å².